The van der Waals surface area contributed by atoms with Crippen LogP contribution in [-0.4, -0.2) is 33.8 Å². The van der Waals surface area contributed by atoms with Crippen molar-refractivity contribution < 1.29 is 18.3 Å². The minimum Gasteiger partial charge on any atom is -0.495 e. The molecule has 0 atom stereocenters. The lowest BCUT2D eigenvalue weighted by Gasteiger charge is -2.11. The first kappa shape index (κ1) is 16.5. The van der Waals surface area contributed by atoms with Gasteiger partial charge in [-0.25, -0.2) is 13.1 Å². The molecule has 6 heteroatoms. The molecule has 0 amide bonds. The third-order valence-electron chi connectivity index (χ3n) is 2.59. The van der Waals surface area contributed by atoms with Crippen molar-refractivity contribution in [1.29, 1.82) is 0 Å². The third-order valence-corrected chi connectivity index (χ3v) is 4.07. The molecular formula is C14H19NO4S. The lowest BCUT2D eigenvalue weighted by molar-refractivity contribution is 0.350. The summed E-state index contributed by atoms with van der Waals surface area (Å²) in [5.41, 5.74) is 0.510. The molecule has 0 unspecified atom stereocenters. The van der Waals surface area contributed by atoms with Crippen LogP contribution in [0.3, 0.4) is 0 Å². The van der Waals surface area contributed by atoms with Gasteiger partial charge in [0.2, 0.25) is 10.0 Å². The molecule has 0 bridgehead atoms. The molecule has 1 aromatic rings. The summed E-state index contributed by atoms with van der Waals surface area (Å²) in [6, 6.07) is 4.64. The van der Waals surface area contributed by atoms with Crippen molar-refractivity contribution in [2.75, 3.05) is 20.3 Å². The first-order valence-corrected chi connectivity index (χ1v) is 7.81. The van der Waals surface area contributed by atoms with E-state index in [1.807, 2.05) is 6.92 Å². The Kier molecular flexibility index (Phi) is 6.52. The van der Waals surface area contributed by atoms with Gasteiger partial charge in [0.15, 0.2) is 0 Å². The van der Waals surface area contributed by atoms with Crippen LogP contribution in [0, 0.1) is 11.8 Å². The number of nitrogens with one attached hydrogen (secondary N) is 1. The number of methoxy groups -OCH3 is 1. The average molecular weight is 297 g/mol. The normalized spacial score (nSPS) is 10.8. The van der Waals surface area contributed by atoms with Crippen LogP contribution in [0.25, 0.3) is 0 Å². The van der Waals surface area contributed by atoms with E-state index in [-0.39, 0.29) is 17.3 Å². The highest BCUT2D eigenvalue weighted by Gasteiger charge is 2.19. The lowest BCUT2D eigenvalue weighted by Crippen LogP contribution is -2.25. The van der Waals surface area contributed by atoms with Gasteiger partial charge in [0.25, 0.3) is 0 Å². The molecule has 5 nitrogen and oxygen atoms in total. The fourth-order valence-electron chi connectivity index (χ4n) is 1.57. The third kappa shape index (κ3) is 4.53. The van der Waals surface area contributed by atoms with E-state index in [0.29, 0.717) is 12.1 Å². The molecule has 0 fully saturated rings. The molecule has 1 rings (SSSR count). The Hall–Kier alpha value is -1.55. The molecular weight excluding hydrogens is 278 g/mol. The monoisotopic (exact) mass is 297 g/mol. The van der Waals surface area contributed by atoms with Crippen LogP contribution in [0.1, 0.15) is 25.3 Å². The minimum absolute atomic E-state index is 0.0563. The van der Waals surface area contributed by atoms with E-state index < -0.39 is 10.0 Å². The molecule has 0 aromatic heterocycles. The summed E-state index contributed by atoms with van der Waals surface area (Å²) in [5, 5.41) is 8.67. The summed E-state index contributed by atoms with van der Waals surface area (Å²) in [7, 11) is -2.21. The second-order valence-electron chi connectivity index (χ2n) is 4.08. The van der Waals surface area contributed by atoms with E-state index in [2.05, 4.69) is 16.6 Å². The smallest absolute Gasteiger partial charge is 0.244 e. The molecule has 0 aliphatic carbocycles. The van der Waals surface area contributed by atoms with E-state index in [1.165, 1.54) is 13.2 Å². The van der Waals surface area contributed by atoms with Crippen molar-refractivity contribution >= 4 is 10.0 Å². The summed E-state index contributed by atoms with van der Waals surface area (Å²) in [6.45, 7) is 2.09. The highest BCUT2D eigenvalue weighted by Crippen LogP contribution is 2.24. The van der Waals surface area contributed by atoms with Crippen LogP contribution in [0.4, 0.5) is 0 Å². The zero-order chi connectivity index (χ0) is 15.0. The molecule has 0 heterocycles. The Bertz CT molecular complexity index is 599. The molecule has 2 N–H and O–H groups in total. The van der Waals surface area contributed by atoms with Crippen LogP contribution in [0.5, 0.6) is 5.75 Å². The van der Waals surface area contributed by atoms with E-state index >= 15 is 0 Å². The van der Waals surface area contributed by atoms with Crippen molar-refractivity contribution in [3.05, 3.63) is 23.8 Å². The topological polar surface area (TPSA) is 75.6 Å². The number of aliphatic hydroxyl groups excluding tert-OH is 1. The molecule has 0 aliphatic rings. The highest BCUT2D eigenvalue weighted by molar-refractivity contribution is 7.89. The maximum absolute atomic E-state index is 12.2. The van der Waals surface area contributed by atoms with Gasteiger partial charge in [-0.1, -0.05) is 25.2 Å². The van der Waals surface area contributed by atoms with Gasteiger partial charge in [-0.2, -0.15) is 0 Å². The molecule has 0 saturated heterocycles. The quantitative estimate of drug-likeness (QED) is 0.609. The summed E-state index contributed by atoms with van der Waals surface area (Å²) >= 11 is 0. The molecule has 0 saturated carbocycles. The fourth-order valence-corrected chi connectivity index (χ4v) is 2.83. The Morgan fingerprint density at radius 1 is 1.40 bits per heavy atom. The second kappa shape index (κ2) is 7.90. The first-order valence-electron chi connectivity index (χ1n) is 6.32. The highest BCUT2D eigenvalue weighted by atomic mass is 32.2. The van der Waals surface area contributed by atoms with Gasteiger partial charge in [0.05, 0.1) is 7.11 Å². The van der Waals surface area contributed by atoms with Crippen LogP contribution in [-0.2, 0) is 10.0 Å². The van der Waals surface area contributed by atoms with E-state index in [9.17, 15) is 8.42 Å². The summed E-state index contributed by atoms with van der Waals surface area (Å²) in [5.74, 6) is 5.43. The Morgan fingerprint density at radius 2 is 2.15 bits per heavy atom. The van der Waals surface area contributed by atoms with Gasteiger partial charge in [0.1, 0.15) is 17.3 Å². The van der Waals surface area contributed by atoms with Gasteiger partial charge in [-0.05, 0) is 24.6 Å². The van der Waals surface area contributed by atoms with Crippen molar-refractivity contribution in [3.8, 4) is 17.6 Å². The number of hydrogen-bond acceptors (Lipinski definition) is 4. The number of benzene rings is 1. The summed E-state index contributed by atoms with van der Waals surface area (Å²) < 4.78 is 32.1. The predicted molar refractivity (Wildman–Crippen MR) is 77.1 cm³/mol. The number of unbranched alkanes of at least 4 members (excludes halogenated alkanes) is 1. The summed E-state index contributed by atoms with van der Waals surface area (Å²) in [6.07, 6.45) is 1.67. The zero-order valence-electron chi connectivity index (χ0n) is 11.6. The minimum atomic E-state index is -3.63. The van der Waals surface area contributed by atoms with Crippen LogP contribution in [0.2, 0.25) is 0 Å². The SMILES string of the molecule is CCCCNS(=O)(=O)c1cc(C#CCO)ccc1OC. The number of ether oxygens (including phenoxy) is 1. The largest absolute Gasteiger partial charge is 0.495 e. The van der Waals surface area contributed by atoms with Gasteiger partial charge < -0.3 is 9.84 Å². The van der Waals surface area contributed by atoms with Crippen molar-refractivity contribution in [2.45, 2.75) is 24.7 Å². The average Bonchev–Trinajstić information content (AvgIpc) is 2.45. The standard InChI is InChI=1S/C14H19NO4S/c1-3-4-9-15-20(17,18)14-11-12(6-5-10-16)7-8-13(14)19-2/h7-8,11,15-16H,3-4,9-10H2,1-2H3. The van der Waals surface area contributed by atoms with Crippen LogP contribution in [0.15, 0.2) is 23.1 Å². The molecule has 1 aromatic carbocycles. The van der Waals surface area contributed by atoms with Gasteiger partial charge in [-0.3, -0.25) is 0 Å². The molecule has 20 heavy (non-hydrogen) atoms. The number of sulfonamides is 1. The number of rotatable bonds is 6. The first-order chi connectivity index (χ1) is 9.55. The van der Waals surface area contributed by atoms with E-state index in [1.54, 1.807) is 12.1 Å². The van der Waals surface area contributed by atoms with Gasteiger partial charge >= 0.3 is 0 Å². The molecule has 0 radical (unpaired) electrons. The second-order valence-corrected chi connectivity index (χ2v) is 5.81. The fraction of sp³-hybridized carbons (Fsp3) is 0.429. The molecule has 0 aliphatic heterocycles. The van der Waals surface area contributed by atoms with Crippen LogP contribution >= 0.6 is 0 Å². The van der Waals surface area contributed by atoms with Crippen molar-refractivity contribution in [3.63, 3.8) is 0 Å². The maximum atomic E-state index is 12.2. The molecule has 0 spiro atoms. The van der Waals surface area contributed by atoms with E-state index in [0.717, 1.165) is 12.8 Å². The summed E-state index contributed by atoms with van der Waals surface area (Å²) in [4.78, 5) is 0.0563. The van der Waals surface area contributed by atoms with Crippen LogP contribution < -0.4 is 9.46 Å². The number of aliphatic hydroxyl groups is 1. The Morgan fingerprint density at radius 3 is 2.75 bits per heavy atom. The van der Waals surface area contributed by atoms with Gasteiger partial charge in [0, 0.05) is 12.1 Å². The lowest BCUT2D eigenvalue weighted by atomic mass is 10.2. The van der Waals surface area contributed by atoms with Crippen molar-refractivity contribution in [2.24, 2.45) is 0 Å². The Balaban J connectivity index is 3.12. The predicted octanol–water partition coefficient (Wildman–Crippen LogP) is 1.12. The van der Waals surface area contributed by atoms with E-state index in [4.69, 9.17) is 9.84 Å². The molecule has 110 valence electrons. The number of hydrogen-bond donors (Lipinski definition) is 2. The maximum Gasteiger partial charge on any atom is 0.244 e. The zero-order valence-corrected chi connectivity index (χ0v) is 12.5. The van der Waals surface area contributed by atoms with Crippen molar-refractivity contribution in [1.82, 2.24) is 4.72 Å². The van der Waals surface area contributed by atoms with Gasteiger partial charge in [-0.15, -0.1) is 0 Å². The Labute approximate surface area is 120 Å².